The Morgan fingerprint density at radius 1 is 1.14 bits per heavy atom. The van der Waals surface area contributed by atoms with E-state index in [1.807, 2.05) is 6.92 Å². The first-order chi connectivity index (χ1) is 9.62. The molecule has 1 heterocycles. The number of nitrogens with two attached hydrogens (primary N) is 1. The number of nitrogens with zero attached hydrogens (tertiary/aromatic N) is 1. The van der Waals surface area contributed by atoms with Crippen LogP contribution in [-0.2, 0) is 20.0 Å². The van der Waals surface area contributed by atoms with Gasteiger partial charge in [-0.05, 0) is 43.9 Å². The summed E-state index contributed by atoms with van der Waals surface area (Å²) >= 11 is 0. The Bertz CT molecular complexity index is 728. The van der Waals surface area contributed by atoms with Crippen molar-refractivity contribution in [1.82, 2.24) is 4.31 Å². The molecule has 1 fully saturated rings. The van der Waals surface area contributed by atoms with E-state index in [2.05, 4.69) is 6.92 Å². The van der Waals surface area contributed by atoms with Crippen LogP contribution < -0.4 is 5.14 Å². The fourth-order valence-corrected chi connectivity index (χ4v) is 5.03. The average Bonchev–Trinajstić information content (AvgIpc) is 2.37. The van der Waals surface area contributed by atoms with E-state index in [0.29, 0.717) is 12.5 Å². The van der Waals surface area contributed by atoms with E-state index in [0.717, 1.165) is 18.9 Å². The highest BCUT2D eigenvalue weighted by Crippen LogP contribution is 2.28. The quantitative estimate of drug-likeness (QED) is 0.897. The fourth-order valence-electron chi connectivity index (χ4n) is 2.69. The van der Waals surface area contributed by atoms with Crippen LogP contribution in [-0.4, -0.2) is 33.7 Å². The summed E-state index contributed by atoms with van der Waals surface area (Å²) in [5, 5.41) is 5.06. The van der Waals surface area contributed by atoms with Crippen molar-refractivity contribution in [2.24, 2.45) is 11.1 Å². The molecule has 0 radical (unpaired) electrons. The molecule has 1 aliphatic rings. The molecule has 2 unspecified atom stereocenters. The number of primary sulfonamides is 1. The van der Waals surface area contributed by atoms with Crippen molar-refractivity contribution in [3.8, 4) is 0 Å². The Balaban J connectivity index is 2.41. The third kappa shape index (κ3) is 3.45. The Kier molecular flexibility index (Phi) is 4.44. The van der Waals surface area contributed by atoms with Crippen LogP contribution in [0.1, 0.15) is 26.7 Å². The van der Waals surface area contributed by atoms with Gasteiger partial charge in [-0.25, -0.2) is 22.0 Å². The highest BCUT2D eigenvalue weighted by molar-refractivity contribution is 7.90. The van der Waals surface area contributed by atoms with Crippen molar-refractivity contribution >= 4 is 20.0 Å². The minimum atomic E-state index is -3.92. The third-order valence-electron chi connectivity index (χ3n) is 3.82. The van der Waals surface area contributed by atoms with E-state index in [4.69, 9.17) is 5.14 Å². The third-order valence-corrected chi connectivity index (χ3v) is 6.74. The molecular formula is C13H20N2O4S2. The lowest BCUT2D eigenvalue weighted by Gasteiger charge is -2.35. The van der Waals surface area contributed by atoms with Gasteiger partial charge < -0.3 is 0 Å². The molecule has 2 N–H and O–H groups in total. The van der Waals surface area contributed by atoms with Gasteiger partial charge in [-0.1, -0.05) is 13.0 Å². The van der Waals surface area contributed by atoms with Crippen molar-refractivity contribution in [2.75, 3.05) is 6.54 Å². The first-order valence-electron chi connectivity index (χ1n) is 6.77. The second-order valence-corrected chi connectivity index (χ2v) is 9.07. The molecule has 0 saturated carbocycles. The summed E-state index contributed by atoms with van der Waals surface area (Å²) in [6.07, 6.45) is 1.60. The molecule has 2 atom stereocenters. The molecule has 0 bridgehead atoms. The topological polar surface area (TPSA) is 97.5 Å². The van der Waals surface area contributed by atoms with Crippen molar-refractivity contribution in [1.29, 1.82) is 0 Å². The van der Waals surface area contributed by atoms with Gasteiger partial charge in [-0.15, -0.1) is 0 Å². The smallest absolute Gasteiger partial charge is 0.225 e. The highest BCUT2D eigenvalue weighted by atomic mass is 32.2. The molecule has 0 aromatic heterocycles. The predicted octanol–water partition coefficient (Wildman–Crippen LogP) is 1.14. The van der Waals surface area contributed by atoms with Gasteiger partial charge in [0, 0.05) is 12.6 Å². The minimum Gasteiger partial charge on any atom is -0.225 e. The van der Waals surface area contributed by atoms with Gasteiger partial charge in [-0.3, -0.25) is 0 Å². The molecule has 118 valence electrons. The Labute approximate surface area is 126 Å². The van der Waals surface area contributed by atoms with E-state index >= 15 is 0 Å². The number of hydrogen-bond donors (Lipinski definition) is 1. The molecule has 2 rings (SSSR count). The largest absolute Gasteiger partial charge is 0.243 e. The first-order valence-corrected chi connectivity index (χ1v) is 9.75. The van der Waals surface area contributed by atoms with Gasteiger partial charge in [-0.2, -0.15) is 4.31 Å². The lowest BCUT2D eigenvalue weighted by atomic mass is 9.95. The van der Waals surface area contributed by atoms with Crippen LogP contribution in [0.15, 0.2) is 34.1 Å². The minimum absolute atomic E-state index is 0.0320. The van der Waals surface area contributed by atoms with Gasteiger partial charge in [0.1, 0.15) is 0 Å². The van der Waals surface area contributed by atoms with E-state index in [9.17, 15) is 16.8 Å². The van der Waals surface area contributed by atoms with E-state index in [1.165, 1.54) is 22.5 Å². The molecule has 1 aliphatic heterocycles. The van der Waals surface area contributed by atoms with Gasteiger partial charge in [0.2, 0.25) is 20.0 Å². The molecular weight excluding hydrogens is 312 g/mol. The van der Waals surface area contributed by atoms with E-state index in [1.54, 1.807) is 0 Å². The summed E-state index contributed by atoms with van der Waals surface area (Å²) in [5.41, 5.74) is 0. The Morgan fingerprint density at radius 3 is 2.33 bits per heavy atom. The summed E-state index contributed by atoms with van der Waals surface area (Å²) in [6.45, 7) is 4.42. The zero-order valence-corrected chi connectivity index (χ0v) is 13.7. The lowest BCUT2D eigenvalue weighted by molar-refractivity contribution is 0.220. The Hall–Kier alpha value is -0.960. The van der Waals surface area contributed by atoms with E-state index in [-0.39, 0.29) is 15.8 Å². The van der Waals surface area contributed by atoms with Crippen LogP contribution in [0.4, 0.5) is 0 Å². The molecule has 0 aliphatic carbocycles. The SMILES string of the molecule is CC1CCN(S(=O)(=O)c2cccc(S(N)(=O)=O)c2)C(C)C1. The highest BCUT2D eigenvalue weighted by Gasteiger charge is 2.33. The maximum atomic E-state index is 12.7. The van der Waals surface area contributed by atoms with Crippen LogP contribution in [0.3, 0.4) is 0 Å². The maximum absolute atomic E-state index is 12.7. The van der Waals surface area contributed by atoms with Gasteiger partial charge >= 0.3 is 0 Å². The summed E-state index contributed by atoms with van der Waals surface area (Å²) in [5.74, 6) is 0.488. The van der Waals surface area contributed by atoms with Crippen LogP contribution >= 0.6 is 0 Å². The second-order valence-electron chi connectivity index (χ2n) is 5.61. The lowest BCUT2D eigenvalue weighted by Crippen LogP contribution is -2.44. The summed E-state index contributed by atoms with van der Waals surface area (Å²) < 4.78 is 49.5. The normalized spacial score (nSPS) is 24.9. The number of sulfonamides is 2. The molecule has 1 aromatic rings. The van der Waals surface area contributed by atoms with Crippen LogP contribution in [0.5, 0.6) is 0 Å². The fraction of sp³-hybridized carbons (Fsp3) is 0.538. The maximum Gasteiger partial charge on any atom is 0.243 e. The molecule has 0 spiro atoms. The molecule has 21 heavy (non-hydrogen) atoms. The zero-order chi connectivity index (χ0) is 15.8. The molecule has 6 nitrogen and oxygen atoms in total. The standard InChI is InChI=1S/C13H20N2O4S2/c1-10-6-7-15(11(2)8-10)21(18,19)13-5-3-4-12(9-13)20(14,16)17/h3-5,9-11H,6-8H2,1-2H3,(H2,14,16,17). The molecule has 0 amide bonds. The van der Waals surface area contributed by atoms with Gasteiger partial charge in [0.15, 0.2) is 0 Å². The number of hydrogen-bond acceptors (Lipinski definition) is 4. The van der Waals surface area contributed by atoms with Crippen LogP contribution in [0.2, 0.25) is 0 Å². The first kappa shape index (κ1) is 16.4. The number of benzene rings is 1. The second kappa shape index (κ2) is 5.68. The summed E-state index contributed by atoms with van der Waals surface area (Å²) in [6, 6.07) is 5.10. The molecule has 1 saturated heterocycles. The van der Waals surface area contributed by atoms with Crippen molar-refractivity contribution < 1.29 is 16.8 Å². The van der Waals surface area contributed by atoms with Crippen molar-refractivity contribution in [3.63, 3.8) is 0 Å². The van der Waals surface area contributed by atoms with Crippen molar-refractivity contribution in [2.45, 2.75) is 42.5 Å². The van der Waals surface area contributed by atoms with Crippen molar-refractivity contribution in [3.05, 3.63) is 24.3 Å². The summed E-state index contributed by atoms with van der Waals surface area (Å²) in [7, 11) is -7.63. The summed E-state index contributed by atoms with van der Waals surface area (Å²) in [4.78, 5) is -0.225. The monoisotopic (exact) mass is 332 g/mol. The number of piperidine rings is 1. The Morgan fingerprint density at radius 2 is 1.76 bits per heavy atom. The molecule has 1 aromatic carbocycles. The number of rotatable bonds is 3. The predicted molar refractivity (Wildman–Crippen MR) is 79.6 cm³/mol. The van der Waals surface area contributed by atoms with Crippen LogP contribution in [0, 0.1) is 5.92 Å². The zero-order valence-electron chi connectivity index (χ0n) is 12.1. The van der Waals surface area contributed by atoms with Gasteiger partial charge in [0.25, 0.3) is 0 Å². The average molecular weight is 332 g/mol. The van der Waals surface area contributed by atoms with Crippen LogP contribution in [0.25, 0.3) is 0 Å². The van der Waals surface area contributed by atoms with Gasteiger partial charge in [0.05, 0.1) is 9.79 Å². The van der Waals surface area contributed by atoms with E-state index < -0.39 is 20.0 Å². The molecule has 8 heteroatoms.